The molecule has 0 radical (unpaired) electrons. The normalized spacial score (nSPS) is 21.0. The quantitative estimate of drug-likeness (QED) is 0.883. The van der Waals surface area contributed by atoms with Crippen molar-refractivity contribution in [1.82, 2.24) is 5.32 Å². The molecule has 1 aliphatic heterocycles. The van der Waals surface area contributed by atoms with E-state index in [9.17, 15) is 19.5 Å². The van der Waals surface area contributed by atoms with E-state index in [1.807, 2.05) is 6.07 Å². The zero-order chi connectivity index (χ0) is 16.4. The van der Waals surface area contributed by atoms with Gasteiger partial charge in [0.25, 0.3) is 0 Å². The number of carboxylic acids is 1. The van der Waals surface area contributed by atoms with E-state index in [2.05, 4.69) is 5.32 Å². The summed E-state index contributed by atoms with van der Waals surface area (Å²) < 4.78 is 0. The van der Waals surface area contributed by atoms with Crippen LogP contribution in [-0.2, 0) is 19.8 Å². The molecule has 1 aromatic carbocycles. The van der Waals surface area contributed by atoms with Crippen LogP contribution in [0.25, 0.3) is 0 Å². The van der Waals surface area contributed by atoms with Crippen molar-refractivity contribution in [1.29, 1.82) is 0 Å². The summed E-state index contributed by atoms with van der Waals surface area (Å²) in [5.74, 6) is -1.20. The molecular formula is C17H20N2O4. The van der Waals surface area contributed by atoms with E-state index in [1.54, 1.807) is 18.2 Å². The van der Waals surface area contributed by atoms with Crippen molar-refractivity contribution in [2.75, 3.05) is 18.0 Å². The van der Waals surface area contributed by atoms with Gasteiger partial charge in [0, 0.05) is 5.69 Å². The molecule has 6 nitrogen and oxygen atoms in total. The summed E-state index contributed by atoms with van der Waals surface area (Å²) in [6.07, 6.45) is 4.06. The lowest BCUT2D eigenvalue weighted by molar-refractivity contribution is -0.145. The Morgan fingerprint density at radius 3 is 2.61 bits per heavy atom. The molecule has 23 heavy (non-hydrogen) atoms. The SMILES string of the molecule is O=C1CN(c2cccc(C3(C(=O)O)CCCCC3)c2)C(=O)CN1. The maximum absolute atomic E-state index is 12.0. The van der Waals surface area contributed by atoms with Gasteiger partial charge in [-0.3, -0.25) is 14.4 Å². The Bertz CT molecular complexity index is 650. The molecule has 1 aromatic rings. The van der Waals surface area contributed by atoms with Gasteiger partial charge >= 0.3 is 5.97 Å². The van der Waals surface area contributed by atoms with Crippen molar-refractivity contribution in [2.45, 2.75) is 37.5 Å². The topological polar surface area (TPSA) is 86.7 Å². The maximum Gasteiger partial charge on any atom is 0.314 e. The number of nitrogens with zero attached hydrogens (tertiary/aromatic N) is 1. The van der Waals surface area contributed by atoms with Gasteiger partial charge in [-0.1, -0.05) is 31.4 Å². The second-order valence-corrected chi connectivity index (χ2v) is 6.25. The van der Waals surface area contributed by atoms with Crippen LogP contribution in [0.2, 0.25) is 0 Å². The van der Waals surface area contributed by atoms with Crippen LogP contribution in [0.3, 0.4) is 0 Å². The Hall–Kier alpha value is -2.37. The molecule has 0 atom stereocenters. The highest BCUT2D eigenvalue weighted by molar-refractivity contribution is 6.04. The molecule has 2 fully saturated rings. The second kappa shape index (κ2) is 6.02. The standard InChI is InChI=1S/C17H20N2O4/c20-14-11-19(15(21)10-18-14)13-6-4-5-12(9-13)17(16(22)23)7-2-1-3-8-17/h4-6,9H,1-3,7-8,10-11H2,(H,18,20)(H,22,23). The van der Waals surface area contributed by atoms with Crippen molar-refractivity contribution < 1.29 is 19.5 Å². The van der Waals surface area contributed by atoms with E-state index in [0.717, 1.165) is 24.8 Å². The smallest absolute Gasteiger partial charge is 0.314 e. The minimum absolute atomic E-state index is 0.0207. The lowest BCUT2D eigenvalue weighted by atomic mass is 9.69. The number of hydrogen-bond donors (Lipinski definition) is 2. The minimum atomic E-state index is -0.880. The number of hydrogen-bond acceptors (Lipinski definition) is 3. The number of carbonyl (C=O) groups is 3. The third kappa shape index (κ3) is 2.81. The number of anilines is 1. The number of carboxylic acid groups (broad SMARTS) is 1. The van der Waals surface area contributed by atoms with E-state index in [-0.39, 0.29) is 24.9 Å². The predicted octanol–water partition coefficient (Wildman–Crippen LogP) is 1.44. The number of amides is 2. The van der Waals surface area contributed by atoms with Crippen molar-refractivity contribution >= 4 is 23.5 Å². The van der Waals surface area contributed by atoms with Gasteiger partial charge in [0.1, 0.15) is 6.54 Å². The molecule has 0 aromatic heterocycles. The summed E-state index contributed by atoms with van der Waals surface area (Å²) in [5.41, 5.74) is 0.435. The summed E-state index contributed by atoms with van der Waals surface area (Å²) in [5, 5.41) is 12.3. The molecule has 1 aliphatic carbocycles. The monoisotopic (exact) mass is 316 g/mol. The molecular weight excluding hydrogens is 296 g/mol. The average molecular weight is 316 g/mol. The van der Waals surface area contributed by atoms with Crippen molar-refractivity contribution in [3.05, 3.63) is 29.8 Å². The predicted molar refractivity (Wildman–Crippen MR) is 84.2 cm³/mol. The Morgan fingerprint density at radius 1 is 1.17 bits per heavy atom. The number of benzene rings is 1. The molecule has 1 saturated heterocycles. The van der Waals surface area contributed by atoms with Gasteiger partial charge in [-0.05, 0) is 30.5 Å². The van der Waals surface area contributed by atoms with Crippen LogP contribution in [0, 0.1) is 0 Å². The first-order valence-corrected chi connectivity index (χ1v) is 7.94. The van der Waals surface area contributed by atoms with Crippen LogP contribution in [0.4, 0.5) is 5.69 Å². The summed E-state index contributed by atoms with van der Waals surface area (Å²) in [6.45, 7) is -0.0461. The maximum atomic E-state index is 12.0. The number of aliphatic carboxylic acids is 1. The third-order valence-corrected chi connectivity index (χ3v) is 4.87. The van der Waals surface area contributed by atoms with Crippen molar-refractivity contribution in [3.63, 3.8) is 0 Å². The van der Waals surface area contributed by atoms with Crippen LogP contribution >= 0.6 is 0 Å². The highest BCUT2D eigenvalue weighted by atomic mass is 16.4. The first kappa shape index (κ1) is 15.5. The molecule has 0 bridgehead atoms. The number of carbonyl (C=O) groups excluding carboxylic acids is 2. The molecule has 6 heteroatoms. The number of nitrogens with one attached hydrogen (secondary N) is 1. The first-order chi connectivity index (χ1) is 11.0. The minimum Gasteiger partial charge on any atom is -0.481 e. The Labute approximate surface area is 134 Å². The summed E-state index contributed by atoms with van der Waals surface area (Å²) in [6, 6.07) is 7.09. The largest absolute Gasteiger partial charge is 0.481 e. The van der Waals surface area contributed by atoms with E-state index in [0.29, 0.717) is 18.5 Å². The first-order valence-electron chi connectivity index (χ1n) is 7.94. The van der Waals surface area contributed by atoms with Crippen LogP contribution in [-0.4, -0.2) is 36.0 Å². The van der Waals surface area contributed by atoms with Gasteiger partial charge in [0.05, 0.1) is 12.0 Å². The Morgan fingerprint density at radius 2 is 1.91 bits per heavy atom. The molecule has 3 rings (SSSR count). The zero-order valence-electron chi connectivity index (χ0n) is 12.9. The van der Waals surface area contributed by atoms with Crippen molar-refractivity contribution in [2.24, 2.45) is 0 Å². The van der Waals surface area contributed by atoms with Gasteiger partial charge < -0.3 is 15.3 Å². The molecule has 122 valence electrons. The fraction of sp³-hybridized carbons (Fsp3) is 0.471. The van der Waals surface area contributed by atoms with Crippen molar-refractivity contribution in [3.8, 4) is 0 Å². The molecule has 2 aliphatic rings. The summed E-state index contributed by atoms with van der Waals surface area (Å²) in [7, 11) is 0. The second-order valence-electron chi connectivity index (χ2n) is 6.25. The lowest BCUT2D eigenvalue weighted by Gasteiger charge is -2.35. The van der Waals surface area contributed by atoms with E-state index in [1.165, 1.54) is 4.90 Å². The molecule has 0 spiro atoms. The van der Waals surface area contributed by atoms with Crippen LogP contribution < -0.4 is 10.2 Å². The lowest BCUT2D eigenvalue weighted by Crippen LogP contribution is -2.51. The number of piperazine rings is 1. The molecule has 2 N–H and O–H groups in total. The molecule has 2 amide bonds. The van der Waals surface area contributed by atoms with Gasteiger partial charge in [-0.2, -0.15) is 0 Å². The van der Waals surface area contributed by atoms with Gasteiger partial charge in [0.15, 0.2) is 0 Å². The Kier molecular flexibility index (Phi) is 4.07. The highest BCUT2D eigenvalue weighted by Crippen LogP contribution is 2.40. The van der Waals surface area contributed by atoms with Gasteiger partial charge in [-0.15, -0.1) is 0 Å². The molecule has 1 saturated carbocycles. The van der Waals surface area contributed by atoms with E-state index in [4.69, 9.17) is 0 Å². The number of rotatable bonds is 3. The van der Waals surface area contributed by atoms with Crippen LogP contribution in [0.1, 0.15) is 37.7 Å². The molecule has 1 heterocycles. The zero-order valence-corrected chi connectivity index (χ0v) is 12.9. The Balaban J connectivity index is 1.97. The summed E-state index contributed by atoms with van der Waals surface area (Å²) in [4.78, 5) is 36.9. The third-order valence-electron chi connectivity index (χ3n) is 4.87. The van der Waals surface area contributed by atoms with Crippen LogP contribution in [0.5, 0.6) is 0 Å². The average Bonchev–Trinajstić information content (AvgIpc) is 2.57. The van der Waals surface area contributed by atoms with Gasteiger partial charge in [-0.25, -0.2) is 0 Å². The van der Waals surface area contributed by atoms with Crippen LogP contribution in [0.15, 0.2) is 24.3 Å². The van der Waals surface area contributed by atoms with E-state index < -0.39 is 11.4 Å². The van der Waals surface area contributed by atoms with E-state index >= 15 is 0 Å². The fourth-order valence-corrected chi connectivity index (χ4v) is 3.55. The molecule has 0 unspecified atom stereocenters. The summed E-state index contributed by atoms with van der Waals surface area (Å²) >= 11 is 0. The van der Waals surface area contributed by atoms with Gasteiger partial charge in [0.2, 0.25) is 11.8 Å². The highest BCUT2D eigenvalue weighted by Gasteiger charge is 2.41. The fourth-order valence-electron chi connectivity index (χ4n) is 3.55.